The van der Waals surface area contributed by atoms with Gasteiger partial charge in [0, 0.05) is 6.42 Å². The van der Waals surface area contributed by atoms with Crippen molar-refractivity contribution in [1.82, 2.24) is 0 Å². The lowest BCUT2D eigenvalue weighted by Crippen LogP contribution is -2.07. The Kier molecular flexibility index (Phi) is 5.58. The highest BCUT2D eigenvalue weighted by Crippen LogP contribution is 2.24. The van der Waals surface area contributed by atoms with Crippen LogP contribution in [0.15, 0.2) is 18.2 Å². The number of esters is 1. The first-order valence-electron chi connectivity index (χ1n) is 5.75. The minimum absolute atomic E-state index is 0.0999. The molecule has 1 atom stereocenters. The quantitative estimate of drug-likeness (QED) is 0.793. The van der Waals surface area contributed by atoms with Crippen LogP contribution in [0.4, 0.5) is 4.39 Å². The average Bonchev–Trinajstić information content (AvgIpc) is 2.36. The first-order valence-corrected chi connectivity index (χ1v) is 5.75. The Hall–Kier alpha value is -1.62. The summed E-state index contributed by atoms with van der Waals surface area (Å²) in [6, 6.07) is 4.21. The number of hydrogen-bond acceptors (Lipinski definition) is 4. The van der Waals surface area contributed by atoms with E-state index in [2.05, 4.69) is 0 Å². The lowest BCUT2D eigenvalue weighted by Gasteiger charge is -2.11. The highest BCUT2D eigenvalue weighted by atomic mass is 19.1. The van der Waals surface area contributed by atoms with Crippen molar-refractivity contribution in [3.8, 4) is 5.75 Å². The third kappa shape index (κ3) is 4.00. The van der Waals surface area contributed by atoms with Gasteiger partial charge in [0.2, 0.25) is 0 Å². The van der Waals surface area contributed by atoms with Crippen LogP contribution in [0.1, 0.15) is 31.4 Å². The fraction of sp³-hybridized carbons (Fsp3) is 0.462. The van der Waals surface area contributed by atoms with E-state index < -0.39 is 11.9 Å². The van der Waals surface area contributed by atoms with Crippen molar-refractivity contribution in [3.63, 3.8) is 0 Å². The summed E-state index contributed by atoms with van der Waals surface area (Å²) in [6.45, 7) is 2.03. The molecule has 1 unspecified atom stereocenters. The Morgan fingerprint density at radius 1 is 1.50 bits per heavy atom. The van der Waals surface area contributed by atoms with Gasteiger partial charge in [-0.2, -0.15) is 0 Å². The van der Waals surface area contributed by atoms with Crippen LogP contribution in [0.3, 0.4) is 0 Å². The standard InChI is InChI=1S/C13H17FO4/c1-3-18-13(16)7-5-11(15)9-4-6-12(17-2)10(14)8-9/h4,6,8,11,15H,3,5,7H2,1-2H3. The number of aliphatic hydroxyl groups excluding tert-OH is 1. The topological polar surface area (TPSA) is 55.8 Å². The van der Waals surface area contributed by atoms with Crippen LogP contribution in [-0.2, 0) is 9.53 Å². The smallest absolute Gasteiger partial charge is 0.305 e. The molecule has 0 saturated carbocycles. The molecule has 0 aromatic heterocycles. The van der Waals surface area contributed by atoms with E-state index >= 15 is 0 Å². The van der Waals surface area contributed by atoms with Crippen molar-refractivity contribution < 1.29 is 23.8 Å². The van der Waals surface area contributed by atoms with Gasteiger partial charge in [0.15, 0.2) is 11.6 Å². The molecule has 1 N–H and O–H groups in total. The number of carbonyl (C=O) groups is 1. The highest BCUT2D eigenvalue weighted by Gasteiger charge is 2.13. The zero-order valence-electron chi connectivity index (χ0n) is 10.5. The summed E-state index contributed by atoms with van der Waals surface area (Å²) >= 11 is 0. The van der Waals surface area contributed by atoms with Crippen LogP contribution < -0.4 is 4.74 Å². The number of hydrogen-bond donors (Lipinski definition) is 1. The van der Waals surface area contributed by atoms with E-state index in [1.807, 2.05) is 0 Å². The Balaban J connectivity index is 2.58. The van der Waals surface area contributed by atoms with Gasteiger partial charge in [0.05, 0.1) is 19.8 Å². The molecule has 0 saturated heterocycles. The van der Waals surface area contributed by atoms with Gasteiger partial charge in [0.25, 0.3) is 0 Å². The van der Waals surface area contributed by atoms with Gasteiger partial charge in [-0.15, -0.1) is 0 Å². The predicted molar refractivity (Wildman–Crippen MR) is 63.8 cm³/mol. The Bertz CT molecular complexity index is 406. The number of halogens is 1. The fourth-order valence-corrected chi connectivity index (χ4v) is 1.54. The molecule has 0 bridgehead atoms. The molecule has 0 aliphatic carbocycles. The number of aliphatic hydroxyl groups is 1. The molecule has 100 valence electrons. The van der Waals surface area contributed by atoms with Crippen LogP contribution in [0.5, 0.6) is 5.75 Å². The van der Waals surface area contributed by atoms with Crippen molar-refractivity contribution >= 4 is 5.97 Å². The zero-order valence-corrected chi connectivity index (χ0v) is 10.5. The monoisotopic (exact) mass is 256 g/mol. The second-order valence-corrected chi connectivity index (χ2v) is 3.75. The van der Waals surface area contributed by atoms with Gasteiger partial charge in [-0.25, -0.2) is 4.39 Å². The molecule has 1 rings (SSSR count). The molecular formula is C13H17FO4. The van der Waals surface area contributed by atoms with Crippen molar-refractivity contribution in [2.24, 2.45) is 0 Å². The number of ether oxygens (including phenoxy) is 2. The third-order valence-corrected chi connectivity index (χ3v) is 2.49. The molecule has 1 aromatic carbocycles. The summed E-state index contributed by atoms with van der Waals surface area (Å²) in [6.07, 6.45) is -0.595. The largest absolute Gasteiger partial charge is 0.494 e. The Morgan fingerprint density at radius 3 is 2.78 bits per heavy atom. The summed E-state index contributed by atoms with van der Waals surface area (Å²) in [7, 11) is 1.37. The van der Waals surface area contributed by atoms with Gasteiger partial charge in [-0.05, 0) is 31.0 Å². The second kappa shape index (κ2) is 6.96. The van der Waals surface area contributed by atoms with E-state index in [1.54, 1.807) is 13.0 Å². The van der Waals surface area contributed by atoms with E-state index in [0.29, 0.717) is 12.2 Å². The molecular weight excluding hydrogens is 239 g/mol. The van der Waals surface area contributed by atoms with E-state index in [9.17, 15) is 14.3 Å². The van der Waals surface area contributed by atoms with Gasteiger partial charge in [-0.1, -0.05) is 6.07 Å². The lowest BCUT2D eigenvalue weighted by atomic mass is 10.0. The zero-order chi connectivity index (χ0) is 13.5. The van der Waals surface area contributed by atoms with Gasteiger partial charge < -0.3 is 14.6 Å². The van der Waals surface area contributed by atoms with Crippen LogP contribution in [0.2, 0.25) is 0 Å². The number of benzene rings is 1. The van der Waals surface area contributed by atoms with Crippen molar-refractivity contribution in [2.75, 3.05) is 13.7 Å². The first-order chi connectivity index (χ1) is 8.58. The summed E-state index contributed by atoms with van der Waals surface area (Å²) in [5.41, 5.74) is 0.414. The average molecular weight is 256 g/mol. The lowest BCUT2D eigenvalue weighted by molar-refractivity contribution is -0.143. The number of carbonyl (C=O) groups excluding carboxylic acids is 1. The summed E-state index contributed by atoms with van der Waals surface area (Å²) in [5, 5.41) is 9.81. The maximum Gasteiger partial charge on any atom is 0.305 e. The molecule has 0 aliphatic heterocycles. The SMILES string of the molecule is CCOC(=O)CCC(O)c1ccc(OC)c(F)c1. The van der Waals surface area contributed by atoms with Crippen LogP contribution in [-0.4, -0.2) is 24.8 Å². The van der Waals surface area contributed by atoms with Gasteiger partial charge in [0.1, 0.15) is 0 Å². The number of methoxy groups -OCH3 is 1. The summed E-state index contributed by atoms with van der Waals surface area (Å²) in [5.74, 6) is -0.785. The highest BCUT2D eigenvalue weighted by molar-refractivity contribution is 5.69. The van der Waals surface area contributed by atoms with Gasteiger partial charge >= 0.3 is 5.97 Å². The maximum absolute atomic E-state index is 13.4. The molecule has 0 amide bonds. The predicted octanol–water partition coefficient (Wildman–Crippen LogP) is 2.21. The van der Waals surface area contributed by atoms with E-state index in [0.717, 1.165) is 0 Å². The number of rotatable bonds is 6. The molecule has 0 heterocycles. The fourth-order valence-electron chi connectivity index (χ4n) is 1.54. The minimum Gasteiger partial charge on any atom is -0.494 e. The molecule has 1 aromatic rings. The van der Waals surface area contributed by atoms with Crippen molar-refractivity contribution in [1.29, 1.82) is 0 Å². The Morgan fingerprint density at radius 2 is 2.22 bits per heavy atom. The molecule has 18 heavy (non-hydrogen) atoms. The Labute approximate surface area is 105 Å². The van der Waals surface area contributed by atoms with E-state index in [1.165, 1.54) is 19.2 Å². The summed E-state index contributed by atoms with van der Waals surface area (Å²) in [4.78, 5) is 11.1. The minimum atomic E-state index is -0.894. The van der Waals surface area contributed by atoms with Crippen molar-refractivity contribution in [2.45, 2.75) is 25.9 Å². The molecule has 0 spiro atoms. The second-order valence-electron chi connectivity index (χ2n) is 3.75. The molecule has 0 radical (unpaired) electrons. The van der Waals surface area contributed by atoms with Crippen LogP contribution in [0, 0.1) is 5.82 Å². The maximum atomic E-state index is 13.4. The van der Waals surface area contributed by atoms with Crippen LogP contribution >= 0.6 is 0 Å². The van der Waals surface area contributed by atoms with E-state index in [-0.39, 0.29) is 24.6 Å². The first kappa shape index (κ1) is 14.4. The molecule has 4 nitrogen and oxygen atoms in total. The van der Waals surface area contributed by atoms with Gasteiger partial charge in [-0.3, -0.25) is 4.79 Å². The van der Waals surface area contributed by atoms with E-state index in [4.69, 9.17) is 9.47 Å². The molecule has 0 fully saturated rings. The van der Waals surface area contributed by atoms with Crippen LogP contribution in [0.25, 0.3) is 0 Å². The third-order valence-electron chi connectivity index (χ3n) is 2.49. The van der Waals surface area contributed by atoms with Crippen molar-refractivity contribution in [3.05, 3.63) is 29.6 Å². The molecule has 0 aliphatic rings. The molecule has 5 heteroatoms. The summed E-state index contributed by atoms with van der Waals surface area (Å²) < 4.78 is 22.9. The normalized spacial score (nSPS) is 12.0.